The minimum absolute atomic E-state index is 0.418. The third kappa shape index (κ3) is 2.60. The summed E-state index contributed by atoms with van der Waals surface area (Å²) in [6.45, 7) is 6.81. The Morgan fingerprint density at radius 3 is 2.31 bits per heavy atom. The topological polar surface area (TPSA) is 21.3 Å². The van der Waals surface area contributed by atoms with Gasteiger partial charge in [-0.1, -0.05) is 19.8 Å². The van der Waals surface area contributed by atoms with Gasteiger partial charge in [0.05, 0.1) is 12.2 Å². The van der Waals surface area contributed by atoms with Gasteiger partial charge in [-0.2, -0.15) is 0 Å². The third-order valence-corrected chi connectivity index (χ3v) is 4.74. The van der Waals surface area contributed by atoms with Crippen molar-refractivity contribution in [3.8, 4) is 0 Å². The van der Waals surface area contributed by atoms with Gasteiger partial charge in [0.15, 0.2) is 0 Å². The van der Waals surface area contributed by atoms with Crippen molar-refractivity contribution in [1.29, 1.82) is 0 Å². The van der Waals surface area contributed by atoms with Crippen LogP contribution in [-0.4, -0.2) is 25.3 Å². The van der Waals surface area contributed by atoms with Crippen LogP contribution in [0.15, 0.2) is 0 Å². The Morgan fingerprint density at radius 2 is 1.88 bits per heavy atom. The molecule has 0 aromatic heterocycles. The first kappa shape index (κ1) is 12.4. The molecule has 1 aliphatic carbocycles. The van der Waals surface area contributed by atoms with Gasteiger partial charge in [0, 0.05) is 12.0 Å². The lowest BCUT2D eigenvalue weighted by Crippen LogP contribution is -2.40. The molecule has 2 aliphatic rings. The van der Waals surface area contributed by atoms with E-state index in [4.69, 9.17) is 4.74 Å². The fourth-order valence-corrected chi connectivity index (χ4v) is 3.34. The van der Waals surface area contributed by atoms with E-state index in [1.54, 1.807) is 0 Å². The second-order valence-electron chi connectivity index (χ2n) is 5.90. The van der Waals surface area contributed by atoms with E-state index in [2.05, 4.69) is 33.1 Å². The molecule has 1 saturated heterocycles. The molecule has 1 aliphatic heterocycles. The molecule has 5 unspecified atom stereocenters. The minimum atomic E-state index is 0.418. The van der Waals surface area contributed by atoms with Crippen molar-refractivity contribution in [3.63, 3.8) is 0 Å². The zero-order chi connectivity index (χ0) is 11.7. The van der Waals surface area contributed by atoms with Gasteiger partial charge in [-0.15, -0.1) is 0 Å². The molecule has 5 atom stereocenters. The van der Waals surface area contributed by atoms with Crippen LogP contribution < -0.4 is 5.32 Å². The molecule has 1 N–H and O–H groups in total. The van der Waals surface area contributed by atoms with Crippen LogP contribution in [0.2, 0.25) is 0 Å². The summed E-state index contributed by atoms with van der Waals surface area (Å²) in [7, 11) is 2.11. The van der Waals surface area contributed by atoms with E-state index < -0.39 is 0 Å². The molecule has 0 spiro atoms. The summed E-state index contributed by atoms with van der Waals surface area (Å²) >= 11 is 0. The van der Waals surface area contributed by atoms with Crippen LogP contribution in [0.5, 0.6) is 0 Å². The first-order chi connectivity index (χ1) is 7.63. The lowest BCUT2D eigenvalue weighted by Gasteiger charge is -2.28. The molecular formula is C14H27NO. The number of rotatable bonds is 5. The van der Waals surface area contributed by atoms with E-state index in [9.17, 15) is 0 Å². The maximum absolute atomic E-state index is 5.95. The van der Waals surface area contributed by atoms with Gasteiger partial charge in [-0.3, -0.25) is 0 Å². The number of nitrogens with one attached hydrogen (secondary N) is 1. The monoisotopic (exact) mass is 225 g/mol. The van der Waals surface area contributed by atoms with E-state index in [-0.39, 0.29) is 0 Å². The standard InChI is InChI=1S/C14H27NO/c1-9-10(2)16-11(3)14(9)13(15-4)8-7-12-5-6-12/h9-15H,5-8H2,1-4H3. The maximum atomic E-state index is 5.95. The third-order valence-electron chi connectivity index (χ3n) is 4.74. The van der Waals surface area contributed by atoms with E-state index in [0.717, 1.165) is 5.92 Å². The van der Waals surface area contributed by atoms with Crippen molar-refractivity contribution in [2.45, 2.75) is 64.7 Å². The summed E-state index contributed by atoms with van der Waals surface area (Å²) < 4.78 is 5.95. The molecule has 1 saturated carbocycles. The van der Waals surface area contributed by atoms with Crippen LogP contribution in [0.3, 0.4) is 0 Å². The molecule has 0 bridgehead atoms. The Kier molecular flexibility index (Phi) is 3.91. The molecule has 2 fully saturated rings. The second-order valence-corrected chi connectivity index (χ2v) is 5.90. The minimum Gasteiger partial charge on any atom is -0.375 e. The SMILES string of the molecule is CNC(CCC1CC1)C1C(C)OC(C)C1C. The molecule has 2 rings (SSSR count). The molecule has 0 aromatic carbocycles. The van der Waals surface area contributed by atoms with Gasteiger partial charge in [-0.05, 0) is 45.6 Å². The highest BCUT2D eigenvalue weighted by Crippen LogP contribution is 2.39. The molecule has 2 nitrogen and oxygen atoms in total. The van der Waals surface area contributed by atoms with Gasteiger partial charge in [-0.25, -0.2) is 0 Å². The molecule has 94 valence electrons. The maximum Gasteiger partial charge on any atom is 0.0597 e. The summed E-state index contributed by atoms with van der Waals surface area (Å²) in [5, 5.41) is 3.53. The molecule has 16 heavy (non-hydrogen) atoms. The highest BCUT2D eigenvalue weighted by atomic mass is 16.5. The average Bonchev–Trinajstić information content (AvgIpc) is 3.02. The molecule has 0 aromatic rings. The van der Waals surface area contributed by atoms with Crippen molar-refractivity contribution >= 4 is 0 Å². The zero-order valence-corrected chi connectivity index (χ0v) is 11.2. The lowest BCUT2D eigenvalue weighted by atomic mass is 9.81. The predicted molar refractivity (Wildman–Crippen MR) is 67.5 cm³/mol. The number of ether oxygens (including phenoxy) is 1. The van der Waals surface area contributed by atoms with Crippen molar-refractivity contribution in [2.24, 2.45) is 17.8 Å². The summed E-state index contributed by atoms with van der Waals surface area (Å²) in [5.41, 5.74) is 0. The van der Waals surface area contributed by atoms with Crippen LogP contribution in [-0.2, 0) is 4.74 Å². The first-order valence-corrected chi connectivity index (χ1v) is 6.96. The van der Waals surface area contributed by atoms with Crippen LogP contribution in [0.25, 0.3) is 0 Å². The van der Waals surface area contributed by atoms with Crippen LogP contribution in [0.4, 0.5) is 0 Å². The molecule has 2 heteroatoms. The fourth-order valence-electron chi connectivity index (χ4n) is 3.34. The van der Waals surface area contributed by atoms with Gasteiger partial charge in [0.1, 0.15) is 0 Å². The normalized spacial score (nSPS) is 41.2. The van der Waals surface area contributed by atoms with E-state index in [0.29, 0.717) is 30.1 Å². The fraction of sp³-hybridized carbons (Fsp3) is 1.00. The zero-order valence-electron chi connectivity index (χ0n) is 11.2. The van der Waals surface area contributed by atoms with Crippen LogP contribution in [0.1, 0.15) is 46.5 Å². The predicted octanol–water partition coefficient (Wildman–Crippen LogP) is 2.82. The van der Waals surface area contributed by atoms with Crippen molar-refractivity contribution in [3.05, 3.63) is 0 Å². The van der Waals surface area contributed by atoms with E-state index >= 15 is 0 Å². The Hall–Kier alpha value is -0.0800. The van der Waals surface area contributed by atoms with E-state index in [1.807, 2.05) is 0 Å². The molecular weight excluding hydrogens is 198 g/mol. The summed E-state index contributed by atoms with van der Waals surface area (Å²) in [5.74, 6) is 2.42. The van der Waals surface area contributed by atoms with Gasteiger partial charge >= 0.3 is 0 Å². The highest BCUT2D eigenvalue weighted by molar-refractivity contribution is 4.92. The second kappa shape index (κ2) is 5.05. The van der Waals surface area contributed by atoms with Gasteiger partial charge < -0.3 is 10.1 Å². The summed E-state index contributed by atoms with van der Waals surface area (Å²) in [6.07, 6.45) is 6.53. The quantitative estimate of drug-likeness (QED) is 0.777. The van der Waals surface area contributed by atoms with Crippen LogP contribution in [0, 0.1) is 17.8 Å². The Balaban J connectivity index is 1.90. The Bertz CT molecular complexity index is 227. The Labute approximate surface area is 100 Å². The summed E-state index contributed by atoms with van der Waals surface area (Å²) in [4.78, 5) is 0. The summed E-state index contributed by atoms with van der Waals surface area (Å²) in [6, 6.07) is 0.649. The highest BCUT2D eigenvalue weighted by Gasteiger charge is 2.41. The molecule has 1 heterocycles. The van der Waals surface area contributed by atoms with Crippen LogP contribution >= 0.6 is 0 Å². The smallest absolute Gasteiger partial charge is 0.0597 e. The van der Waals surface area contributed by atoms with Gasteiger partial charge in [0.25, 0.3) is 0 Å². The number of hydrogen-bond acceptors (Lipinski definition) is 2. The van der Waals surface area contributed by atoms with Gasteiger partial charge in [0.2, 0.25) is 0 Å². The van der Waals surface area contributed by atoms with Crippen molar-refractivity contribution in [1.82, 2.24) is 5.32 Å². The van der Waals surface area contributed by atoms with E-state index in [1.165, 1.54) is 25.7 Å². The average molecular weight is 225 g/mol. The first-order valence-electron chi connectivity index (χ1n) is 6.96. The molecule has 0 radical (unpaired) electrons. The van der Waals surface area contributed by atoms with Crippen molar-refractivity contribution in [2.75, 3.05) is 7.05 Å². The Morgan fingerprint density at radius 1 is 1.19 bits per heavy atom. The number of hydrogen-bond donors (Lipinski definition) is 1. The molecule has 0 amide bonds. The largest absolute Gasteiger partial charge is 0.375 e. The lowest BCUT2D eigenvalue weighted by molar-refractivity contribution is 0.0474. The van der Waals surface area contributed by atoms with Crippen molar-refractivity contribution < 1.29 is 4.74 Å².